The molecule has 0 saturated heterocycles. The number of hydrogen-bond donors (Lipinski definition) is 0. The van der Waals surface area contributed by atoms with Crippen molar-refractivity contribution in [3.8, 4) is 0 Å². The van der Waals surface area contributed by atoms with Gasteiger partial charge in [-0.15, -0.1) is 0 Å². The molecule has 1 heterocycles. The van der Waals surface area contributed by atoms with Gasteiger partial charge in [0.2, 0.25) is 0 Å². The highest BCUT2D eigenvalue weighted by Gasteiger charge is 2.05. The summed E-state index contributed by atoms with van der Waals surface area (Å²) in [4.78, 5) is 8.64. The predicted octanol–water partition coefficient (Wildman–Crippen LogP) is 3.63. The van der Waals surface area contributed by atoms with Crippen LogP contribution in [-0.2, 0) is 17.8 Å². The summed E-state index contributed by atoms with van der Waals surface area (Å²) < 4.78 is 6.09. The fraction of sp³-hybridized carbons (Fsp3) is 0.231. The van der Waals surface area contributed by atoms with E-state index in [-0.39, 0.29) is 0 Å². The summed E-state index contributed by atoms with van der Waals surface area (Å²) in [6.07, 6.45) is 0.650. The lowest BCUT2D eigenvalue weighted by molar-refractivity contribution is 0.181. The van der Waals surface area contributed by atoms with Crippen LogP contribution in [0.2, 0.25) is 5.15 Å². The Morgan fingerprint density at radius 3 is 2.83 bits per heavy atom. The zero-order chi connectivity index (χ0) is 13.0. The van der Waals surface area contributed by atoms with Crippen molar-refractivity contribution in [3.05, 3.63) is 57.0 Å². The first-order valence-electron chi connectivity index (χ1n) is 5.43. The molecule has 0 radical (unpaired) electrons. The minimum Gasteiger partial charge on any atom is -0.378 e. The second-order valence-electron chi connectivity index (χ2n) is 3.84. The number of rotatable bonds is 4. The van der Waals surface area contributed by atoms with Gasteiger partial charge in [0, 0.05) is 18.0 Å². The minimum atomic E-state index is 0.438. The summed E-state index contributed by atoms with van der Waals surface area (Å²) >= 11 is 9.41. The van der Waals surface area contributed by atoms with Gasteiger partial charge in [-0.05, 0) is 23.8 Å². The Hall–Kier alpha value is -0.970. The molecule has 1 aromatic carbocycles. The van der Waals surface area contributed by atoms with Crippen LogP contribution in [0.3, 0.4) is 0 Å². The molecule has 5 heteroatoms. The Morgan fingerprint density at radius 2 is 2.11 bits per heavy atom. The van der Waals surface area contributed by atoms with Crippen LogP contribution in [0.15, 0.2) is 34.8 Å². The molecule has 0 unspecified atom stereocenters. The Labute approximate surface area is 119 Å². The maximum atomic E-state index is 5.97. The highest BCUT2D eigenvalue weighted by molar-refractivity contribution is 9.10. The first kappa shape index (κ1) is 13.5. The van der Waals surface area contributed by atoms with Crippen molar-refractivity contribution in [2.24, 2.45) is 0 Å². The van der Waals surface area contributed by atoms with Crippen molar-refractivity contribution >= 4 is 27.5 Å². The molecule has 0 atom stereocenters. The topological polar surface area (TPSA) is 35.0 Å². The third-order valence-electron chi connectivity index (χ3n) is 2.34. The monoisotopic (exact) mass is 326 g/mol. The van der Waals surface area contributed by atoms with E-state index in [0.717, 1.165) is 15.7 Å². The molecule has 0 fully saturated rings. The molecule has 94 valence electrons. The van der Waals surface area contributed by atoms with Crippen LogP contribution in [0, 0.1) is 0 Å². The van der Waals surface area contributed by atoms with E-state index < -0.39 is 0 Å². The van der Waals surface area contributed by atoms with E-state index in [0.29, 0.717) is 24.0 Å². The molecule has 0 aliphatic heterocycles. The van der Waals surface area contributed by atoms with Gasteiger partial charge in [-0.25, -0.2) is 9.97 Å². The molecular formula is C13H12BrClN2O. The summed E-state index contributed by atoms with van der Waals surface area (Å²) in [7, 11) is 1.63. The van der Waals surface area contributed by atoms with E-state index >= 15 is 0 Å². The molecular weight excluding hydrogens is 316 g/mol. The van der Waals surface area contributed by atoms with Crippen molar-refractivity contribution in [2.45, 2.75) is 13.0 Å². The van der Waals surface area contributed by atoms with E-state index in [1.54, 1.807) is 13.2 Å². The third kappa shape index (κ3) is 3.77. The fourth-order valence-electron chi connectivity index (χ4n) is 1.65. The molecule has 3 nitrogen and oxygen atoms in total. The van der Waals surface area contributed by atoms with Crippen LogP contribution >= 0.6 is 27.5 Å². The van der Waals surface area contributed by atoms with Gasteiger partial charge in [0.1, 0.15) is 11.0 Å². The zero-order valence-electron chi connectivity index (χ0n) is 9.86. The molecule has 18 heavy (non-hydrogen) atoms. The Balaban J connectivity index is 2.23. The molecule has 0 saturated carbocycles. The van der Waals surface area contributed by atoms with Crippen molar-refractivity contribution in [3.63, 3.8) is 0 Å². The summed E-state index contributed by atoms with van der Waals surface area (Å²) in [6.45, 7) is 0.438. The van der Waals surface area contributed by atoms with Gasteiger partial charge in [0.15, 0.2) is 0 Å². The van der Waals surface area contributed by atoms with Crippen molar-refractivity contribution in [2.75, 3.05) is 7.11 Å². The van der Waals surface area contributed by atoms with Gasteiger partial charge in [0.25, 0.3) is 0 Å². The Bertz CT molecular complexity index is 548. The normalized spacial score (nSPS) is 10.6. The maximum absolute atomic E-state index is 5.97. The number of ether oxygens (including phenoxy) is 1. The van der Waals surface area contributed by atoms with Crippen molar-refractivity contribution < 1.29 is 4.74 Å². The number of halogens is 2. The number of methoxy groups -OCH3 is 1. The third-order valence-corrected chi connectivity index (χ3v) is 3.02. The second kappa shape index (κ2) is 6.27. The van der Waals surface area contributed by atoms with Crippen LogP contribution < -0.4 is 0 Å². The van der Waals surface area contributed by atoms with Crippen LogP contribution in [0.1, 0.15) is 17.1 Å². The van der Waals surface area contributed by atoms with E-state index in [4.69, 9.17) is 16.3 Å². The highest BCUT2D eigenvalue weighted by Crippen LogP contribution is 2.15. The number of aromatic nitrogens is 2. The average Bonchev–Trinajstić information content (AvgIpc) is 2.28. The average molecular weight is 328 g/mol. The van der Waals surface area contributed by atoms with Crippen LogP contribution in [0.4, 0.5) is 0 Å². The molecule has 0 spiro atoms. The quantitative estimate of drug-likeness (QED) is 0.804. The second-order valence-corrected chi connectivity index (χ2v) is 5.14. The summed E-state index contributed by atoms with van der Waals surface area (Å²) in [6, 6.07) is 9.76. The standard InChI is InChI=1S/C13H12BrClN2O/c1-18-8-11-7-12(15)17-13(16-11)6-9-3-2-4-10(14)5-9/h2-5,7H,6,8H2,1H3. The number of hydrogen-bond acceptors (Lipinski definition) is 3. The maximum Gasteiger partial charge on any atom is 0.134 e. The van der Waals surface area contributed by atoms with Gasteiger partial charge in [-0.1, -0.05) is 39.7 Å². The molecule has 1 aromatic heterocycles. The first-order chi connectivity index (χ1) is 8.67. The van der Waals surface area contributed by atoms with Gasteiger partial charge < -0.3 is 4.74 Å². The van der Waals surface area contributed by atoms with Crippen LogP contribution in [0.5, 0.6) is 0 Å². The minimum absolute atomic E-state index is 0.438. The smallest absolute Gasteiger partial charge is 0.134 e. The van der Waals surface area contributed by atoms with E-state index in [2.05, 4.69) is 25.9 Å². The molecule has 0 amide bonds. The molecule has 2 aromatic rings. The lowest BCUT2D eigenvalue weighted by Gasteiger charge is -2.05. The summed E-state index contributed by atoms with van der Waals surface area (Å²) in [5.74, 6) is 0.702. The molecule has 0 aliphatic carbocycles. The lowest BCUT2D eigenvalue weighted by atomic mass is 10.1. The zero-order valence-corrected chi connectivity index (χ0v) is 12.2. The predicted molar refractivity (Wildman–Crippen MR) is 74.7 cm³/mol. The first-order valence-corrected chi connectivity index (χ1v) is 6.60. The van der Waals surface area contributed by atoms with E-state index in [9.17, 15) is 0 Å². The Morgan fingerprint density at radius 1 is 1.28 bits per heavy atom. The van der Waals surface area contributed by atoms with Crippen LogP contribution in [-0.4, -0.2) is 17.1 Å². The van der Waals surface area contributed by atoms with Crippen molar-refractivity contribution in [1.82, 2.24) is 9.97 Å². The van der Waals surface area contributed by atoms with Gasteiger partial charge >= 0.3 is 0 Å². The van der Waals surface area contributed by atoms with E-state index in [1.807, 2.05) is 24.3 Å². The molecule has 2 rings (SSSR count). The lowest BCUT2D eigenvalue weighted by Crippen LogP contribution is -2.02. The molecule has 0 N–H and O–H groups in total. The van der Waals surface area contributed by atoms with E-state index in [1.165, 1.54) is 0 Å². The number of nitrogens with zero attached hydrogens (tertiary/aromatic N) is 2. The molecule has 0 aliphatic rings. The SMILES string of the molecule is COCc1cc(Cl)nc(Cc2cccc(Br)c2)n1. The van der Waals surface area contributed by atoms with Gasteiger partial charge in [-0.3, -0.25) is 0 Å². The highest BCUT2D eigenvalue weighted by atomic mass is 79.9. The fourth-order valence-corrected chi connectivity index (χ4v) is 2.32. The van der Waals surface area contributed by atoms with Gasteiger partial charge in [-0.2, -0.15) is 0 Å². The summed E-state index contributed by atoms with van der Waals surface area (Å²) in [5, 5.41) is 0.446. The largest absolute Gasteiger partial charge is 0.378 e. The summed E-state index contributed by atoms with van der Waals surface area (Å²) in [5.41, 5.74) is 1.93. The number of benzene rings is 1. The van der Waals surface area contributed by atoms with Crippen molar-refractivity contribution in [1.29, 1.82) is 0 Å². The van der Waals surface area contributed by atoms with Gasteiger partial charge in [0.05, 0.1) is 12.3 Å². The van der Waals surface area contributed by atoms with Crippen LogP contribution in [0.25, 0.3) is 0 Å². The Kier molecular flexibility index (Phi) is 4.69. The molecule has 0 bridgehead atoms.